The zero-order chi connectivity index (χ0) is 42.1. The van der Waals surface area contributed by atoms with Gasteiger partial charge in [0.05, 0.1) is 16.9 Å². The van der Waals surface area contributed by atoms with E-state index >= 15 is 4.39 Å². The fraction of sp³-hybridized carbons (Fsp3) is 0.130. The molecule has 0 aliphatic carbocycles. The molecule has 309 valence electrons. The summed E-state index contributed by atoms with van der Waals surface area (Å²) in [5, 5.41) is 2.18. The van der Waals surface area contributed by atoms with Gasteiger partial charge in [-0.2, -0.15) is 11.3 Å². The molecular formula is C54H45FGeIrN4S-2. The quantitative estimate of drug-likeness (QED) is 0.112. The Morgan fingerprint density at radius 2 is 1.48 bits per heavy atom. The molecule has 6 aromatic carbocycles. The number of aromatic nitrogens is 4. The number of pyridine rings is 2. The SMILES string of the molecule is CC(C)Cc1cc(-c2[c-]cccc2)nc[c]1[Ge]([CH3])([CH3])[CH3].Fc1cccc2nc(-c3[c-]ccc4c3sc3ccncc34)n(-c3cc(-c4ccccc4)ccc3-c3ccccc3)c12.[Ir]. The molecule has 4 heterocycles. The van der Waals surface area contributed by atoms with Gasteiger partial charge in [0, 0.05) is 48.4 Å². The molecule has 8 heteroatoms. The summed E-state index contributed by atoms with van der Waals surface area (Å²) in [7, 11) is 0. The van der Waals surface area contributed by atoms with Crippen LogP contribution in [0.2, 0.25) is 17.3 Å². The van der Waals surface area contributed by atoms with Crippen LogP contribution in [0, 0.1) is 23.9 Å². The Kier molecular flexibility index (Phi) is 12.8. The van der Waals surface area contributed by atoms with Crippen molar-refractivity contribution in [3.05, 3.63) is 188 Å². The molecule has 0 fully saturated rings. The molecule has 0 N–H and O–H groups in total. The van der Waals surface area contributed by atoms with E-state index in [-0.39, 0.29) is 25.9 Å². The molecule has 0 saturated carbocycles. The number of fused-ring (bicyclic) bond motifs is 4. The van der Waals surface area contributed by atoms with Crippen molar-refractivity contribution in [1.82, 2.24) is 19.5 Å². The van der Waals surface area contributed by atoms with Gasteiger partial charge >= 0.3 is 126 Å². The third kappa shape index (κ3) is 8.73. The van der Waals surface area contributed by atoms with Crippen molar-refractivity contribution >= 4 is 60.2 Å². The third-order valence-electron chi connectivity index (χ3n) is 10.9. The number of thiophene rings is 1. The zero-order valence-electron chi connectivity index (χ0n) is 35.3. The molecular weight excluding hydrogens is 1020 g/mol. The molecule has 4 aromatic heterocycles. The Morgan fingerprint density at radius 1 is 0.726 bits per heavy atom. The molecule has 0 unspecified atom stereocenters. The summed E-state index contributed by atoms with van der Waals surface area (Å²) < 4.78 is 21.5. The summed E-state index contributed by atoms with van der Waals surface area (Å²) in [6, 6.07) is 55.1. The normalized spacial score (nSPS) is 11.5. The molecule has 0 bridgehead atoms. The Morgan fingerprint density at radius 3 is 2.21 bits per heavy atom. The second-order valence-corrected chi connectivity index (χ2v) is 28.4. The first kappa shape index (κ1) is 43.1. The van der Waals surface area contributed by atoms with E-state index in [4.69, 9.17) is 9.97 Å². The second-order valence-electron chi connectivity index (χ2n) is 16.8. The maximum atomic E-state index is 15.8. The van der Waals surface area contributed by atoms with Crippen LogP contribution >= 0.6 is 11.3 Å². The first-order valence-electron chi connectivity index (χ1n) is 20.7. The van der Waals surface area contributed by atoms with E-state index in [1.54, 1.807) is 21.8 Å². The van der Waals surface area contributed by atoms with Crippen LogP contribution in [-0.2, 0) is 26.5 Å². The van der Waals surface area contributed by atoms with E-state index in [1.807, 2.05) is 89.8 Å². The van der Waals surface area contributed by atoms with Crippen LogP contribution in [0.1, 0.15) is 19.4 Å². The zero-order valence-corrected chi connectivity index (χ0v) is 40.6. The molecule has 10 rings (SSSR count). The minimum Gasteiger partial charge on any atom is -0.330 e. The van der Waals surface area contributed by atoms with Crippen LogP contribution in [-0.4, -0.2) is 32.8 Å². The Hall–Kier alpha value is -5.57. The topological polar surface area (TPSA) is 43.6 Å². The van der Waals surface area contributed by atoms with Crippen molar-refractivity contribution in [2.45, 2.75) is 37.5 Å². The van der Waals surface area contributed by atoms with Crippen molar-refractivity contribution in [3.63, 3.8) is 0 Å². The molecule has 0 amide bonds. The van der Waals surface area contributed by atoms with Gasteiger partial charge in [-0.25, -0.2) is 4.39 Å². The average Bonchev–Trinajstić information content (AvgIpc) is 3.87. The van der Waals surface area contributed by atoms with Gasteiger partial charge in [0.1, 0.15) is 5.82 Å². The molecule has 10 aromatic rings. The summed E-state index contributed by atoms with van der Waals surface area (Å²) in [6.07, 6.45) is 6.98. The second kappa shape index (κ2) is 18.4. The first-order chi connectivity index (χ1) is 29.6. The number of hydrogen-bond donors (Lipinski definition) is 0. The van der Waals surface area contributed by atoms with Crippen LogP contribution in [0.25, 0.3) is 81.8 Å². The smallest absolute Gasteiger partial charge is 0.148 e. The molecule has 0 saturated heterocycles. The number of benzene rings is 6. The van der Waals surface area contributed by atoms with Crippen LogP contribution in [0.5, 0.6) is 0 Å². The van der Waals surface area contributed by atoms with Crippen molar-refractivity contribution < 1.29 is 24.5 Å². The fourth-order valence-electron chi connectivity index (χ4n) is 8.11. The first-order valence-corrected chi connectivity index (χ1v) is 28.9. The van der Waals surface area contributed by atoms with E-state index in [9.17, 15) is 0 Å². The van der Waals surface area contributed by atoms with Gasteiger partial charge in [-0.05, 0) is 51.0 Å². The minimum atomic E-state index is -1.86. The number of hydrogen-bond acceptors (Lipinski definition) is 4. The summed E-state index contributed by atoms with van der Waals surface area (Å²) >= 11 is -0.175. The van der Waals surface area contributed by atoms with Crippen LogP contribution in [0.15, 0.2) is 164 Å². The maximum absolute atomic E-state index is 15.8. The average molecular weight is 1070 g/mol. The van der Waals surface area contributed by atoms with Gasteiger partial charge in [-0.3, -0.25) is 9.97 Å². The maximum Gasteiger partial charge on any atom is 0.148 e. The molecule has 0 spiro atoms. The number of para-hydroxylation sites is 1. The predicted octanol–water partition coefficient (Wildman–Crippen LogP) is 14.0. The monoisotopic (exact) mass is 1070 g/mol. The van der Waals surface area contributed by atoms with Crippen LogP contribution in [0.4, 0.5) is 4.39 Å². The summed E-state index contributed by atoms with van der Waals surface area (Å²) in [5.41, 5.74) is 10.5. The third-order valence-corrected chi connectivity index (χ3v) is 16.5. The molecule has 0 aliphatic rings. The minimum absolute atomic E-state index is 0. The van der Waals surface area contributed by atoms with E-state index in [0.29, 0.717) is 22.8 Å². The Labute approximate surface area is 383 Å². The summed E-state index contributed by atoms with van der Waals surface area (Å²) in [4.78, 5) is 14.1. The number of rotatable bonds is 8. The van der Waals surface area contributed by atoms with Crippen molar-refractivity contribution in [1.29, 1.82) is 0 Å². The van der Waals surface area contributed by atoms with Crippen LogP contribution in [0.3, 0.4) is 0 Å². The summed E-state index contributed by atoms with van der Waals surface area (Å²) in [5.74, 6) is 8.32. The van der Waals surface area contributed by atoms with Gasteiger partial charge < -0.3 is 4.57 Å². The van der Waals surface area contributed by atoms with Gasteiger partial charge in [-0.1, -0.05) is 89.8 Å². The van der Waals surface area contributed by atoms with Gasteiger partial charge in [0.2, 0.25) is 0 Å². The Bertz CT molecular complexity index is 3140. The number of imidazole rings is 1. The van der Waals surface area contributed by atoms with Gasteiger partial charge in [0.15, 0.2) is 0 Å². The molecule has 62 heavy (non-hydrogen) atoms. The number of nitrogens with zero attached hydrogens (tertiary/aromatic N) is 4. The van der Waals surface area contributed by atoms with E-state index in [1.165, 1.54) is 11.6 Å². The van der Waals surface area contributed by atoms with Crippen molar-refractivity contribution in [2.24, 2.45) is 5.92 Å². The molecule has 0 atom stereocenters. The molecule has 1 radical (unpaired) electrons. The number of halogens is 1. The summed E-state index contributed by atoms with van der Waals surface area (Å²) in [6.45, 7) is 4.57. The van der Waals surface area contributed by atoms with Crippen molar-refractivity contribution in [2.75, 3.05) is 0 Å². The van der Waals surface area contributed by atoms with Gasteiger partial charge in [0.25, 0.3) is 0 Å². The molecule has 0 aliphatic heterocycles. The fourth-order valence-corrected chi connectivity index (χ4v) is 12.6. The van der Waals surface area contributed by atoms with E-state index in [0.717, 1.165) is 71.4 Å². The van der Waals surface area contributed by atoms with E-state index < -0.39 is 13.3 Å². The Balaban J connectivity index is 0.000000214. The van der Waals surface area contributed by atoms with Crippen molar-refractivity contribution in [3.8, 4) is 50.6 Å². The molecule has 4 nitrogen and oxygen atoms in total. The van der Waals surface area contributed by atoms with Crippen LogP contribution < -0.4 is 4.40 Å². The standard InChI is InChI=1S/C36H21FN3S.C18H24GeN.Ir/c37-30-15-8-16-31-34(30)40(36(39-31)28-14-7-13-27-29-22-38-20-19-33(29)41-35(27)28)32-21-25(23-9-3-1-4-10-23)17-18-26(32)24-11-5-2-6-12-24;1-14(2)11-16-12-18(15-9-7-6-8-10-15)20-13-17(16)19(3,4)5;/h1-13,15-22H;6-9,12-14H,11H2,1-5H3;/q2*-1;. The predicted molar refractivity (Wildman–Crippen MR) is 257 cm³/mol. The largest absolute Gasteiger partial charge is 0.330 e. The van der Waals surface area contributed by atoms with E-state index in [2.05, 4.69) is 115 Å². The van der Waals surface area contributed by atoms with Gasteiger partial charge in [-0.15, -0.1) is 18.2 Å².